The topological polar surface area (TPSA) is 66.5 Å². The number of nitrogens with zero attached hydrogens (tertiary/aromatic N) is 1. The van der Waals surface area contributed by atoms with Gasteiger partial charge in [0.15, 0.2) is 0 Å². The number of sulfonamides is 1. The first kappa shape index (κ1) is 23.8. The summed E-state index contributed by atoms with van der Waals surface area (Å²) in [6, 6.07) is 20.3. The molecule has 1 aliphatic rings. The van der Waals surface area contributed by atoms with Crippen molar-refractivity contribution < 1.29 is 13.2 Å². The van der Waals surface area contributed by atoms with Gasteiger partial charge >= 0.3 is 0 Å². The lowest BCUT2D eigenvalue weighted by Gasteiger charge is -2.30. The summed E-state index contributed by atoms with van der Waals surface area (Å²) in [6.45, 7) is 1.53. The third kappa shape index (κ3) is 7.98. The lowest BCUT2D eigenvalue weighted by atomic mass is 9.97. The van der Waals surface area contributed by atoms with Crippen LogP contribution in [0.25, 0.3) is 0 Å². The van der Waals surface area contributed by atoms with E-state index in [-0.39, 0.29) is 17.6 Å². The van der Waals surface area contributed by atoms with E-state index in [4.69, 9.17) is 0 Å². The summed E-state index contributed by atoms with van der Waals surface area (Å²) >= 11 is 1.80. The Morgan fingerprint density at radius 3 is 2.23 bits per heavy atom. The van der Waals surface area contributed by atoms with Crippen molar-refractivity contribution in [2.75, 3.05) is 31.1 Å². The van der Waals surface area contributed by atoms with Crippen LogP contribution in [0.3, 0.4) is 0 Å². The van der Waals surface area contributed by atoms with Crippen LogP contribution in [0.5, 0.6) is 0 Å². The zero-order valence-corrected chi connectivity index (χ0v) is 19.5. The van der Waals surface area contributed by atoms with Crippen molar-refractivity contribution in [3.63, 3.8) is 0 Å². The average Bonchev–Trinajstić information content (AvgIpc) is 2.80. The number of rotatable bonds is 11. The van der Waals surface area contributed by atoms with Gasteiger partial charge in [0, 0.05) is 37.1 Å². The Balaban J connectivity index is 1.31. The number of hydrogen-bond donors (Lipinski definition) is 1. The fraction of sp³-hybridized carbons (Fsp3) is 0.458. The molecule has 31 heavy (non-hydrogen) atoms. The molecule has 0 bridgehead atoms. The molecule has 3 rings (SSSR count). The standard InChI is InChI=1S/C24H32N2O3S2/c27-24(25-15-18-30-20-22-10-5-2-6-11-22)23-13-16-26(17-14-23)31(28,29)19-7-12-21-8-3-1-4-9-21/h1-6,8-11,23H,7,12-20H2,(H,25,27). The molecule has 1 aliphatic heterocycles. The van der Waals surface area contributed by atoms with E-state index in [1.807, 2.05) is 48.5 Å². The third-order valence-corrected chi connectivity index (χ3v) is 8.57. The summed E-state index contributed by atoms with van der Waals surface area (Å²) < 4.78 is 26.8. The Bertz CT molecular complexity index is 897. The third-order valence-electron chi connectivity index (χ3n) is 5.59. The summed E-state index contributed by atoms with van der Waals surface area (Å²) in [4.78, 5) is 12.4. The van der Waals surface area contributed by atoms with Crippen LogP contribution < -0.4 is 5.32 Å². The molecule has 0 radical (unpaired) electrons. The van der Waals surface area contributed by atoms with Crippen LogP contribution in [0.4, 0.5) is 0 Å². The molecule has 0 saturated carbocycles. The molecular weight excluding hydrogens is 428 g/mol. The molecular formula is C24H32N2O3S2. The van der Waals surface area contributed by atoms with Crippen LogP contribution in [0.1, 0.15) is 30.4 Å². The predicted molar refractivity (Wildman–Crippen MR) is 128 cm³/mol. The monoisotopic (exact) mass is 460 g/mol. The molecule has 1 saturated heterocycles. The molecule has 2 aromatic carbocycles. The minimum absolute atomic E-state index is 0.0569. The Morgan fingerprint density at radius 1 is 0.968 bits per heavy atom. The largest absolute Gasteiger partial charge is 0.355 e. The van der Waals surface area contributed by atoms with Gasteiger partial charge in [-0.2, -0.15) is 11.8 Å². The van der Waals surface area contributed by atoms with Gasteiger partial charge in [-0.15, -0.1) is 0 Å². The van der Waals surface area contributed by atoms with Crippen molar-refractivity contribution in [3.8, 4) is 0 Å². The highest BCUT2D eigenvalue weighted by atomic mass is 32.2. The fourth-order valence-corrected chi connectivity index (χ4v) is 6.14. The number of nitrogens with one attached hydrogen (secondary N) is 1. The van der Waals surface area contributed by atoms with Crippen molar-refractivity contribution in [1.29, 1.82) is 0 Å². The molecule has 1 heterocycles. The Morgan fingerprint density at radius 2 is 1.58 bits per heavy atom. The molecule has 1 N–H and O–H groups in total. The van der Waals surface area contributed by atoms with E-state index in [1.54, 1.807) is 16.1 Å². The highest BCUT2D eigenvalue weighted by molar-refractivity contribution is 7.98. The van der Waals surface area contributed by atoms with Crippen LogP contribution >= 0.6 is 11.8 Å². The maximum atomic E-state index is 12.6. The van der Waals surface area contributed by atoms with Crippen molar-refractivity contribution >= 4 is 27.7 Å². The van der Waals surface area contributed by atoms with E-state index in [0.29, 0.717) is 38.9 Å². The lowest BCUT2D eigenvalue weighted by Crippen LogP contribution is -2.44. The van der Waals surface area contributed by atoms with Crippen molar-refractivity contribution in [2.45, 2.75) is 31.4 Å². The summed E-state index contributed by atoms with van der Waals surface area (Å²) in [5.41, 5.74) is 2.45. The number of aryl methyl sites for hydroxylation is 1. The molecule has 2 aromatic rings. The summed E-state index contributed by atoms with van der Waals surface area (Å²) in [5.74, 6) is 1.94. The molecule has 1 amide bonds. The zero-order chi connectivity index (χ0) is 21.9. The Kier molecular flexibility index (Phi) is 9.43. The second-order valence-corrected chi connectivity index (χ2v) is 11.1. The van der Waals surface area contributed by atoms with Gasteiger partial charge in [-0.1, -0.05) is 60.7 Å². The van der Waals surface area contributed by atoms with Crippen LogP contribution in [-0.4, -0.2) is 49.8 Å². The van der Waals surface area contributed by atoms with Gasteiger partial charge in [-0.05, 0) is 36.8 Å². The molecule has 168 valence electrons. The predicted octanol–water partition coefficient (Wildman–Crippen LogP) is 3.71. The SMILES string of the molecule is O=C(NCCSCc1ccccc1)C1CCN(S(=O)(=O)CCCc2ccccc2)CC1. The van der Waals surface area contributed by atoms with Gasteiger partial charge in [-0.25, -0.2) is 12.7 Å². The van der Waals surface area contributed by atoms with E-state index in [0.717, 1.165) is 23.5 Å². The van der Waals surface area contributed by atoms with Crippen LogP contribution in [0.2, 0.25) is 0 Å². The minimum Gasteiger partial charge on any atom is -0.355 e. The van der Waals surface area contributed by atoms with E-state index in [9.17, 15) is 13.2 Å². The number of benzene rings is 2. The number of thioether (sulfide) groups is 1. The molecule has 5 nitrogen and oxygen atoms in total. The molecule has 7 heteroatoms. The molecule has 0 aliphatic carbocycles. The van der Waals surface area contributed by atoms with Crippen molar-refractivity contribution in [2.24, 2.45) is 5.92 Å². The van der Waals surface area contributed by atoms with Crippen LogP contribution in [0.15, 0.2) is 60.7 Å². The quantitative estimate of drug-likeness (QED) is 0.519. The van der Waals surface area contributed by atoms with Gasteiger partial charge in [0.2, 0.25) is 15.9 Å². The number of piperidine rings is 1. The average molecular weight is 461 g/mol. The normalized spacial score (nSPS) is 15.6. The van der Waals surface area contributed by atoms with Gasteiger partial charge in [0.1, 0.15) is 0 Å². The van der Waals surface area contributed by atoms with E-state index in [2.05, 4.69) is 17.4 Å². The first-order chi connectivity index (χ1) is 15.0. The fourth-order valence-electron chi connectivity index (χ4n) is 3.78. The van der Waals surface area contributed by atoms with E-state index < -0.39 is 10.0 Å². The minimum atomic E-state index is -3.25. The smallest absolute Gasteiger partial charge is 0.223 e. The second kappa shape index (κ2) is 12.3. The summed E-state index contributed by atoms with van der Waals surface area (Å²) in [5, 5.41) is 3.02. The molecule has 0 spiro atoms. The summed E-state index contributed by atoms with van der Waals surface area (Å²) in [6.07, 6.45) is 2.58. The van der Waals surface area contributed by atoms with Gasteiger partial charge in [0.05, 0.1) is 5.75 Å². The van der Waals surface area contributed by atoms with Gasteiger partial charge in [-0.3, -0.25) is 4.79 Å². The van der Waals surface area contributed by atoms with E-state index in [1.165, 1.54) is 5.56 Å². The van der Waals surface area contributed by atoms with Gasteiger partial charge < -0.3 is 5.32 Å². The molecule has 0 unspecified atom stereocenters. The summed E-state index contributed by atoms with van der Waals surface area (Å²) in [7, 11) is -3.25. The highest BCUT2D eigenvalue weighted by Crippen LogP contribution is 2.21. The Labute approximate surface area is 190 Å². The van der Waals surface area contributed by atoms with Crippen molar-refractivity contribution in [1.82, 2.24) is 9.62 Å². The lowest BCUT2D eigenvalue weighted by molar-refractivity contribution is -0.125. The number of hydrogen-bond acceptors (Lipinski definition) is 4. The second-order valence-electron chi connectivity index (χ2n) is 7.91. The highest BCUT2D eigenvalue weighted by Gasteiger charge is 2.30. The number of carbonyl (C=O) groups is 1. The molecule has 0 atom stereocenters. The molecule has 1 fully saturated rings. The van der Waals surface area contributed by atoms with Crippen molar-refractivity contribution in [3.05, 3.63) is 71.8 Å². The number of carbonyl (C=O) groups excluding carboxylic acids is 1. The van der Waals surface area contributed by atoms with E-state index >= 15 is 0 Å². The first-order valence-electron chi connectivity index (χ1n) is 11.0. The maximum absolute atomic E-state index is 12.6. The Hall–Kier alpha value is -1.83. The first-order valence-corrected chi connectivity index (χ1v) is 13.7. The number of amides is 1. The zero-order valence-electron chi connectivity index (χ0n) is 17.9. The van der Waals surface area contributed by atoms with Crippen LogP contribution in [0, 0.1) is 5.92 Å². The molecule has 0 aromatic heterocycles. The van der Waals surface area contributed by atoms with Crippen LogP contribution in [-0.2, 0) is 27.0 Å². The van der Waals surface area contributed by atoms with Gasteiger partial charge in [0.25, 0.3) is 0 Å². The maximum Gasteiger partial charge on any atom is 0.223 e.